The minimum Gasteiger partial charge on any atom is -0.507 e. The average molecular weight is 399 g/mol. The second kappa shape index (κ2) is 8.14. The van der Waals surface area contributed by atoms with E-state index in [-0.39, 0.29) is 11.3 Å². The second-order valence-corrected chi connectivity index (χ2v) is 6.18. The Morgan fingerprint density at radius 1 is 0.862 bits per heavy atom. The van der Waals surface area contributed by atoms with Gasteiger partial charge in [0.1, 0.15) is 17.3 Å². The zero-order valence-corrected chi connectivity index (χ0v) is 16.4. The van der Waals surface area contributed by atoms with Crippen LogP contribution in [-0.4, -0.2) is 45.2 Å². The lowest BCUT2D eigenvalue weighted by Gasteiger charge is -2.18. The number of aliphatic hydroxyl groups is 1. The normalized spacial score (nSPS) is 17.6. The van der Waals surface area contributed by atoms with Gasteiger partial charge in [-0.05, 0) is 36.4 Å². The summed E-state index contributed by atoms with van der Waals surface area (Å²) in [6, 6.07) is 8.78. The van der Waals surface area contributed by atoms with Crippen molar-refractivity contribution in [1.29, 1.82) is 0 Å². The van der Waals surface area contributed by atoms with E-state index in [0.717, 1.165) is 0 Å². The van der Waals surface area contributed by atoms with E-state index in [9.17, 15) is 14.7 Å². The fourth-order valence-corrected chi connectivity index (χ4v) is 3.20. The molecule has 1 fully saturated rings. The molecule has 0 radical (unpaired) electrons. The third-order valence-electron chi connectivity index (χ3n) is 4.67. The van der Waals surface area contributed by atoms with Crippen molar-refractivity contribution in [2.45, 2.75) is 6.04 Å². The van der Waals surface area contributed by atoms with Crippen molar-refractivity contribution in [1.82, 2.24) is 5.32 Å². The topological polar surface area (TPSA) is 103 Å². The number of amides is 1. The number of ketones is 1. The number of benzene rings is 2. The number of aliphatic hydroxyl groups excluding tert-OH is 1. The fraction of sp³-hybridized carbons (Fsp3) is 0.238. The average Bonchev–Trinajstić information content (AvgIpc) is 3.06. The van der Waals surface area contributed by atoms with Gasteiger partial charge in [-0.2, -0.15) is 0 Å². The van der Waals surface area contributed by atoms with Gasteiger partial charge in [0, 0.05) is 11.1 Å². The summed E-state index contributed by atoms with van der Waals surface area (Å²) in [7, 11) is 5.93. The van der Waals surface area contributed by atoms with Gasteiger partial charge in [-0.25, -0.2) is 0 Å². The van der Waals surface area contributed by atoms with E-state index < -0.39 is 17.7 Å². The summed E-state index contributed by atoms with van der Waals surface area (Å²) in [5.74, 6) is -0.203. The predicted molar refractivity (Wildman–Crippen MR) is 105 cm³/mol. The van der Waals surface area contributed by atoms with Crippen LogP contribution in [0.4, 0.5) is 0 Å². The molecule has 152 valence electrons. The number of rotatable bonds is 6. The Balaban J connectivity index is 2.18. The molecule has 2 aromatic carbocycles. The SMILES string of the molecule is COc1ccc(OC)c(C2NC(=O)C(=O)C2=C(O)c2ccc(OC)c(OC)c2)c1. The molecule has 0 aliphatic carbocycles. The largest absolute Gasteiger partial charge is 0.507 e. The highest BCUT2D eigenvalue weighted by Gasteiger charge is 2.41. The summed E-state index contributed by atoms with van der Waals surface area (Å²) in [5, 5.41) is 13.5. The van der Waals surface area contributed by atoms with Crippen molar-refractivity contribution >= 4 is 17.4 Å². The van der Waals surface area contributed by atoms with E-state index in [1.54, 1.807) is 30.3 Å². The molecular formula is C21H21NO7. The molecule has 2 aromatic rings. The smallest absolute Gasteiger partial charge is 0.293 e. The summed E-state index contributed by atoms with van der Waals surface area (Å²) < 4.78 is 21.1. The van der Waals surface area contributed by atoms with Crippen LogP contribution in [0.15, 0.2) is 42.0 Å². The maximum absolute atomic E-state index is 12.6. The summed E-state index contributed by atoms with van der Waals surface area (Å²) in [6.07, 6.45) is 0. The van der Waals surface area contributed by atoms with Crippen LogP contribution in [0, 0.1) is 0 Å². The number of carbonyl (C=O) groups excluding carboxylic acids is 2. The van der Waals surface area contributed by atoms with Gasteiger partial charge in [0.2, 0.25) is 0 Å². The molecular weight excluding hydrogens is 378 g/mol. The van der Waals surface area contributed by atoms with Crippen LogP contribution >= 0.6 is 0 Å². The summed E-state index contributed by atoms with van der Waals surface area (Å²) in [6.45, 7) is 0. The monoisotopic (exact) mass is 399 g/mol. The molecule has 3 rings (SSSR count). The first-order valence-electron chi connectivity index (χ1n) is 8.67. The third kappa shape index (κ3) is 3.56. The highest BCUT2D eigenvalue weighted by Crippen LogP contribution is 2.39. The van der Waals surface area contributed by atoms with E-state index >= 15 is 0 Å². The molecule has 0 saturated carbocycles. The van der Waals surface area contributed by atoms with Gasteiger partial charge in [-0.1, -0.05) is 0 Å². The van der Waals surface area contributed by atoms with Crippen LogP contribution in [0.2, 0.25) is 0 Å². The number of ether oxygens (including phenoxy) is 4. The quantitative estimate of drug-likeness (QED) is 0.437. The van der Waals surface area contributed by atoms with Gasteiger partial charge >= 0.3 is 0 Å². The minimum absolute atomic E-state index is 0.0891. The van der Waals surface area contributed by atoms with E-state index in [4.69, 9.17) is 18.9 Å². The molecule has 1 atom stereocenters. The van der Waals surface area contributed by atoms with Crippen molar-refractivity contribution in [3.8, 4) is 23.0 Å². The molecule has 0 aromatic heterocycles. The van der Waals surface area contributed by atoms with Crippen LogP contribution in [0.5, 0.6) is 23.0 Å². The summed E-state index contributed by atoms with van der Waals surface area (Å²) >= 11 is 0. The van der Waals surface area contributed by atoms with Gasteiger partial charge in [0.25, 0.3) is 11.7 Å². The lowest BCUT2D eigenvalue weighted by atomic mass is 9.95. The standard InChI is InChI=1S/C21H21NO7/c1-26-12-6-8-14(27-2)13(10-12)18-17(20(24)21(25)22-18)19(23)11-5-7-15(28-3)16(9-11)29-4/h5-10,18,23H,1-4H3,(H,22,25). The van der Waals surface area contributed by atoms with Crippen molar-refractivity contribution in [2.24, 2.45) is 0 Å². The van der Waals surface area contributed by atoms with E-state index in [1.165, 1.54) is 34.5 Å². The van der Waals surface area contributed by atoms with Crippen LogP contribution in [0.3, 0.4) is 0 Å². The first kappa shape index (κ1) is 20.1. The van der Waals surface area contributed by atoms with E-state index in [0.29, 0.717) is 34.1 Å². The van der Waals surface area contributed by atoms with Crippen molar-refractivity contribution < 1.29 is 33.6 Å². The van der Waals surface area contributed by atoms with Crippen LogP contribution in [0.1, 0.15) is 17.2 Å². The lowest BCUT2D eigenvalue weighted by Crippen LogP contribution is -2.21. The van der Waals surface area contributed by atoms with Crippen LogP contribution < -0.4 is 24.3 Å². The molecule has 1 heterocycles. The Kier molecular flexibility index (Phi) is 5.63. The van der Waals surface area contributed by atoms with Gasteiger partial charge < -0.3 is 29.4 Å². The summed E-state index contributed by atoms with van der Waals surface area (Å²) in [5.41, 5.74) is 0.691. The van der Waals surface area contributed by atoms with Crippen LogP contribution in [0.25, 0.3) is 5.76 Å². The molecule has 1 aliphatic rings. The Morgan fingerprint density at radius 2 is 1.52 bits per heavy atom. The number of hydrogen-bond acceptors (Lipinski definition) is 7. The first-order valence-corrected chi connectivity index (χ1v) is 8.67. The highest BCUT2D eigenvalue weighted by molar-refractivity contribution is 6.46. The molecule has 2 N–H and O–H groups in total. The fourth-order valence-electron chi connectivity index (χ4n) is 3.20. The second-order valence-electron chi connectivity index (χ2n) is 6.18. The minimum atomic E-state index is -0.909. The van der Waals surface area contributed by atoms with Crippen molar-refractivity contribution in [2.75, 3.05) is 28.4 Å². The molecule has 8 nitrogen and oxygen atoms in total. The number of carbonyl (C=O) groups is 2. The zero-order valence-electron chi connectivity index (χ0n) is 16.4. The number of Topliss-reactive ketones (excluding diaryl/α,β-unsaturated/α-hetero) is 1. The predicted octanol–water partition coefficient (Wildman–Crippen LogP) is 2.43. The number of nitrogens with one attached hydrogen (secondary N) is 1. The van der Waals surface area contributed by atoms with E-state index in [1.807, 2.05) is 0 Å². The van der Waals surface area contributed by atoms with Crippen LogP contribution in [-0.2, 0) is 9.59 Å². The Bertz CT molecular complexity index is 997. The maximum atomic E-state index is 12.6. The number of methoxy groups -OCH3 is 4. The van der Waals surface area contributed by atoms with Crippen molar-refractivity contribution in [3.05, 3.63) is 53.1 Å². The zero-order chi connectivity index (χ0) is 21.1. The summed E-state index contributed by atoms with van der Waals surface area (Å²) in [4.78, 5) is 24.7. The molecule has 0 spiro atoms. The molecule has 1 aliphatic heterocycles. The van der Waals surface area contributed by atoms with Gasteiger partial charge in [-0.15, -0.1) is 0 Å². The molecule has 0 bridgehead atoms. The molecule has 29 heavy (non-hydrogen) atoms. The molecule has 1 unspecified atom stereocenters. The third-order valence-corrected chi connectivity index (χ3v) is 4.67. The Hall–Kier alpha value is -3.68. The molecule has 1 amide bonds. The Morgan fingerprint density at radius 3 is 2.14 bits per heavy atom. The first-order chi connectivity index (χ1) is 13.9. The highest BCUT2D eigenvalue weighted by atomic mass is 16.5. The molecule has 1 saturated heterocycles. The lowest BCUT2D eigenvalue weighted by molar-refractivity contribution is -0.133. The Labute approximate surface area is 167 Å². The number of hydrogen-bond donors (Lipinski definition) is 2. The van der Waals surface area contributed by atoms with Crippen molar-refractivity contribution in [3.63, 3.8) is 0 Å². The maximum Gasteiger partial charge on any atom is 0.293 e. The van der Waals surface area contributed by atoms with E-state index in [2.05, 4.69) is 5.32 Å². The van der Waals surface area contributed by atoms with Gasteiger partial charge in [-0.3, -0.25) is 9.59 Å². The molecule has 8 heteroatoms. The van der Waals surface area contributed by atoms with Gasteiger partial charge in [0.15, 0.2) is 11.5 Å². The van der Waals surface area contributed by atoms with Gasteiger partial charge in [0.05, 0.1) is 40.1 Å².